The van der Waals surface area contributed by atoms with E-state index in [4.69, 9.17) is 0 Å². The normalized spacial score (nSPS) is 19.3. The van der Waals surface area contributed by atoms with Gasteiger partial charge in [-0.2, -0.15) is 0 Å². The van der Waals surface area contributed by atoms with Gasteiger partial charge in [0.15, 0.2) is 0 Å². The zero-order valence-corrected chi connectivity index (χ0v) is 10.8. The van der Waals surface area contributed by atoms with Gasteiger partial charge in [-0.1, -0.05) is 19.9 Å². The highest BCUT2D eigenvalue weighted by Crippen LogP contribution is 2.21. The molecule has 98 valence electrons. The minimum absolute atomic E-state index is 0.00761. The van der Waals surface area contributed by atoms with Crippen molar-refractivity contribution in [1.82, 2.24) is 5.32 Å². The molecule has 1 unspecified atom stereocenters. The minimum atomic E-state index is -0.220. The molecule has 0 aromatic heterocycles. The average Bonchev–Trinajstić information content (AvgIpc) is 2.77. The van der Waals surface area contributed by atoms with Crippen molar-refractivity contribution in [2.75, 3.05) is 18.0 Å². The van der Waals surface area contributed by atoms with E-state index in [-0.39, 0.29) is 23.7 Å². The predicted molar refractivity (Wildman–Crippen MR) is 70.0 cm³/mol. The number of hydrogen-bond donors (Lipinski definition) is 1. The van der Waals surface area contributed by atoms with Crippen LogP contribution in [0.5, 0.6) is 0 Å². The van der Waals surface area contributed by atoms with Crippen LogP contribution >= 0.6 is 0 Å². The monoisotopic (exact) mass is 250 g/mol. The molecule has 3 nitrogen and oxygen atoms in total. The van der Waals surface area contributed by atoms with Crippen LogP contribution in [0.2, 0.25) is 0 Å². The fourth-order valence-corrected chi connectivity index (χ4v) is 2.15. The second-order valence-electron chi connectivity index (χ2n) is 5.07. The smallest absolute Gasteiger partial charge is 0.222 e. The van der Waals surface area contributed by atoms with Crippen molar-refractivity contribution in [2.45, 2.75) is 26.3 Å². The van der Waals surface area contributed by atoms with E-state index in [9.17, 15) is 9.18 Å². The molecule has 0 saturated carbocycles. The fraction of sp³-hybridized carbons (Fsp3) is 0.500. The van der Waals surface area contributed by atoms with Crippen molar-refractivity contribution in [3.05, 3.63) is 30.1 Å². The van der Waals surface area contributed by atoms with Gasteiger partial charge in [0, 0.05) is 30.7 Å². The van der Waals surface area contributed by atoms with Crippen LogP contribution in [0.1, 0.15) is 20.3 Å². The standard InChI is InChI=1S/C14H19FN2O/c1-10(2)14(18)16-12-6-7-17(9-12)13-5-3-4-11(15)8-13/h3-5,8,10,12H,6-7,9H2,1-2H3,(H,16,18). The van der Waals surface area contributed by atoms with Gasteiger partial charge in [0.25, 0.3) is 0 Å². The van der Waals surface area contributed by atoms with Crippen LogP contribution in [0.25, 0.3) is 0 Å². The van der Waals surface area contributed by atoms with Gasteiger partial charge in [-0.05, 0) is 24.6 Å². The summed E-state index contributed by atoms with van der Waals surface area (Å²) in [6, 6.07) is 6.76. The van der Waals surface area contributed by atoms with Crippen molar-refractivity contribution in [3.8, 4) is 0 Å². The third-order valence-corrected chi connectivity index (χ3v) is 3.23. The molecular formula is C14H19FN2O. The van der Waals surface area contributed by atoms with Crippen LogP contribution < -0.4 is 10.2 Å². The summed E-state index contributed by atoms with van der Waals surface area (Å²) >= 11 is 0. The van der Waals surface area contributed by atoms with Crippen LogP contribution in [0.4, 0.5) is 10.1 Å². The van der Waals surface area contributed by atoms with E-state index >= 15 is 0 Å². The van der Waals surface area contributed by atoms with E-state index < -0.39 is 0 Å². The van der Waals surface area contributed by atoms with Crippen LogP contribution in [-0.2, 0) is 4.79 Å². The van der Waals surface area contributed by atoms with Gasteiger partial charge in [-0.25, -0.2) is 4.39 Å². The van der Waals surface area contributed by atoms with E-state index in [2.05, 4.69) is 10.2 Å². The molecule has 4 heteroatoms. The number of hydrogen-bond acceptors (Lipinski definition) is 2. The molecule has 0 bridgehead atoms. The van der Waals surface area contributed by atoms with E-state index in [1.807, 2.05) is 19.9 Å². The molecule has 1 fully saturated rings. The minimum Gasteiger partial charge on any atom is -0.369 e. The van der Waals surface area contributed by atoms with Gasteiger partial charge in [-0.3, -0.25) is 4.79 Å². The van der Waals surface area contributed by atoms with E-state index in [1.165, 1.54) is 12.1 Å². The van der Waals surface area contributed by atoms with Gasteiger partial charge in [0.2, 0.25) is 5.91 Å². The van der Waals surface area contributed by atoms with Gasteiger partial charge in [0.05, 0.1) is 0 Å². The maximum absolute atomic E-state index is 13.1. The van der Waals surface area contributed by atoms with Crippen LogP contribution in [-0.4, -0.2) is 25.0 Å². The molecular weight excluding hydrogens is 231 g/mol. The zero-order valence-electron chi connectivity index (χ0n) is 10.8. The van der Waals surface area contributed by atoms with Crippen molar-refractivity contribution in [1.29, 1.82) is 0 Å². The Balaban J connectivity index is 1.94. The molecule has 1 aliphatic rings. The highest BCUT2D eigenvalue weighted by molar-refractivity contribution is 5.78. The summed E-state index contributed by atoms with van der Waals surface area (Å²) in [4.78, 5) is 13.7. The Morgan fingerprint density at radius 1 is 1.50 bits per heavy atom. The zero-order chi connectivity index (χ0) is 13.1. The Labute approximate surface area is 107 Å². The number of rotatable bonds is 3. The number of benzene rings is 1. The third-order valence-electron chi connectivity index (χ3n) is 3.23. The van der Waals surface area contributed by atoms with E-state index in [0.29, 0.717) is 0 Å². The largest absolute Gasteiger partial charge is 0.369 e. The maximum Gasteiger partial charge on any atom is 0.222 e. The molecule has 2 rings (SSSR count). The first-order chi connectivity index (χ1) is 8.56. The summed E-state index contributed by atoms with van der Waals surface area (Å²) in [6.07, 6.45) is 0.912. The summed E-state index contributed by atoms with van der Waals surface area (Å²) in [5, 5.41) is 3.02. The summed E-state index contributed by atoms with van der Waals surface area (Å²) < 4.78 is 13.1. The Kier molecular flexibility index (Phi) is 3.84. The molecule has 1 heterocycles. The first-order valence-electron chi connectivity index (χ1n) is 6.37. The van der Waals surface area contributed by atoms with Crippen molar-refractivity contribution in [3.63, 3.8) is 0 Å². The van der Waals surface area contributed by atoms with Gasteiger partial charge < -0.3 is 10.2 Å². The molecule has 0 radical (unpaired) electrons. The number of amides is 1. The quantitative estimate of drug-likeness (QED) is 0.891. The average molecular weight is 250 g/mol. The lowest BCUT2D eigenvalue weighted by Crippen LogP contribution is -2.39. The number of carbonyl (C=O) groups is 1. The van der Waals surface area contributed by atoms with Gasteiger partial charge >= 0.3 is 0 Å². The lowest BCUT2D eigenvalue weighted by molar-refractivity contribution is -0.124. The molecule has 1 aliphatic heterocycles. The maximum atomic E-state index is 13.1. The molecule has 0 spiro atoms. The highest BCUT2D eigenvalue weighted by Gasteiger charge is 2.24. The molecule has 1 atom stereocenters. The van der Waals surface area contributed by atoms with E-state index in [0.717, 1.165) is 25.2 Å². The summed E-state index contributed by atoms with van der Waals surface area (Å²) in [5.74, 6) is -0.128. The number of anilines is 1. The van der Waals surface area contributed by atoms with E-state index in [1.54, 1.807) is 6.07 Å². The predicted octanol–water partition coefficient (Wildman–Crippen LogP) is 2.18. The fourth-order valence-electron chi connectivity index (χ4n) is 2.15. The molecule has 1 N–H and O–H groups in total. The number of carbonyl (C=O) groups excluding carboxylic acids is 1. The second kappa shape index (κ2) is 5.38. The highest BCUT2D eigenvalue weighted by atomic mass is 19.1. The topological polar surface area (TPSA) is 32.3 Å². The van der Waals surface area contributed by atoms with Crippen molar-refractivity contribution < 1.29 is 9.18 Å². The third kappa shape index (κ3) is 3.00. The first kappa shape index (κ1) is 12.9. The number of nitrogens with one attached hydrogen (secondary N) is 1. The number of nitrogens with zero attached hydrogens (tertiary/aromatic N) is 1. The van der Waals surface area contributed by atoms with Crippen LogP contribution in [0, 0.1) is 11.7 Å². The molecule has 1 amide bonds. The molecule has 1 aromatic rings. The Hall–Kier alpha value is -1.58. The molecule has 0 aliphatic carbocycles. The van der Waals surface area contributed by atoms with Crippen LogP contribution in [0.3, 0.4) is 0 Å². The lowest BCUT2D eigenvalue weighted by atomic mass is 10.2. The number of halogens is 1. The summed E-state index contributed by atoms with van der Waals surface area (Å²) in [7, 11) is 0. The molecule has 1 aromatic carbocycles. The van der Waals surface area contributed by atoms with Crippen molar-refractivity contribution >= 4 is 11.6 Å². The first-order valence-corrected chi connectivity index (χ1v) is 6.37. The molecule has 1 saturated heterocycles. The van der Waals surface area contributed by atoms with Crippen LogP contribution in [0.15, 0.2) is 24.3 Å². The second-order valence-corrected chi connectivity index (χ2v) is 5.07. The summed E-state index contributed by atoms with van der Waals surface area (Å²) in [6.45, 7) is 5.37. The summed E-state index contributed by atoms with van der Waals surface area (Å²) in [5.41, 5.74) is 0.885. The SMILES string of the molecule is CC(C)C(=O)NC1CCN(c2cccc(F)c2)C1. The Morgan fingerprint density at radius 3 is 2.94 bits per heavy atom. The van der Waals surface area contributed by atoms with Gasteiger partial charge in [-0.15, -0.1) is 0 Å². The Bertz CT molecular complexity index is 434. The Morgan fingerprint density at radius 2 is 2.28 bits per heavy atom. The lowest BCUT2D eigenvalue weighted by Gasteiger charge is -2.19. The van der Waals surface area contributed by atoms with Gasteiger partial charge in [0.1, 0.15) is 5.82 Å². The van der Waals surface area contributed by atoms with Crippen molar-refractivity contribution in [2.24, 2.45) is 5.92 Å². The molecule has 18 heavy (non-hydrogen) atoms.